The van der Waals surface area contributed by atoms with E-state index in [1.54, 1.807) is 11.8 Å². The van der Waals surface area contributed by atoms with Gasteiger partial charge in [-0.15, -0.1) is 0 Å². The number of amides is 2. The standard InChI is InChI=1S/C20H29ClN4O3/c1-2-28-20(27)25-8-6-17(7-9-25)22-19(26)15-23-10-12-24(13-11-23)18-5-3-4-16(21)14-18/h3-5,14,17H,2,6-13,15H2,1H3,(H,22,26). The Balaban J connectivity index is 1.37. The number of piperidine rings is 1. The lowest BCUT2D eigenvalue weighted by Gasteiger charge is -2.36. The third-order valence-corrected chi connectivity index (χ3v) is 5.53. The predicted octanol–water partition coefficient (Wildman–Crippen LogP) is 2.20. The Morgan fingerprint density at radius 2 is 1.86 bits per heavy atom. The van der Waals surface area contributed by atoms with Gasteiger partial charge >= 0.3 is 6.09 Å². The summed E-state index contributed by atoms with van der Waals surface area (Å²) in [5, 5.41) is 3.86. The molecule has 0 atom stereocenters. The van der Waals surface area contributed by atoms with Gasteiger partial charge in [0.2, 0.25) is 5.91 Å². The van der Waals surface area contributed by atoms with Gasteiger partial charge in [0.15, 0.2) is 0 Å². The van der Waals surface area contributed by atoms with Crippen molar-refractivity contribution in [3.8, 4) is 0 Å². The summed E-state index contributed by atoms with van der Waals surface area (Å²) < 4.78 is 5.03. The number of piperazine rings is 1. The first-order valence-corrected chi connectivity index (χ1v) is 10.4. The number of hydrogen-bond donors (Lipinski definition) is 1. The quantitative estimate of drug-likeness (QED) is 0.809. The van der Waals surface area contributed by atoms with Gasteiger partial charge in [0.25, 0.3) is 0 Å². The number of hydrogen-bond acceptors (Lipinski definition) is 5. The minimum atomic E-state index is -0.259. The van der Waals surface area contributed by atoms with Crippen molar-refractivity contribution < 1.29 is 14.3 Å². The Morgan fingerprint density at radius 3 is 2.50 bits per heavy atom. The number of carbonyl (C=O) groups excluding carboxylic acids is 2. The molecule has 8 heteroatoms. The maximum atomic E-state index is 12.4. The minimum Gasteiger partial charge on any atom is -0.450 e. The normalized spacial score (nSPS) is 18.8. The molecule has 2 heterocycles. The van der Waals surface area contributed by atoms with E-state index in [0.29, 0.717) is 26.2 Å². The molecule has 0 unspecified atom stereocenters. The van der Waals surface area contributed by atoms with Crippen molar-refractivity contribution in [3.63, 3.8) is 0 Å². The molecule has 7 nitrogen and oxygen atoms in total. The van der Waals surface area contributed by atoms with E-state index in [0.717, 1.165) is 49.7 Å². The fraction of sp³-hybridized carbons (Fsp3) is 0.600. The van der Waals surface area contributed by atoms with Gasteiger partial charge in [-0.1, -0.05) is 17.7 Å². The van der Waals surface area contributed by atoms with Crippen LogP contribution in [0.1, 0.15) is 19.8 Å². The highest BCUT2D eigenvalue weighted by Gasteiger charge is 2.25. The topological polar surface area (TPSA) is 65.1 Å². The molecule has 1 N–H and O–H groups in total. The zero-order chi connectivity index (χ0) is 19.9. The summed E-state index contributed by atoms with van der Waals surface area (Å²) in [6, 6.07) is 8.02. The van der Waals surface area contributed by atoms with Gasteiger partial charge in [0.1, 0.15) is 0 Å². The Bertz CT molecular complexity index is 671. The first-order valence-electron chi connectivity index (χ1n) is 9.99. The van der Waals surface area contributed by atoms with E-state index >= 15 is 0 Å². The molecule has 1 aromatic rings. The second-order valence-corrected chi connectivity index (χ2v) is 7.71. The van der Waals surface area contributed by atoms with Gasteiger partial charge < -0.3 is 19.9 Å². The van der Waals surface area contributed by atoms with Crippen LogP contribution in [0.3, 0.4) is 0 Å². The first kappa shape index (κ1) is 20.7. The second-order valence-electron chi connectivity index (χ2n) is 7.27. The number of halogens is 1. The number of carbonyl (C=O) groups is 2. The number of anilines is 1. The lowest BCUT2D eigenvalue weighted by atomic mass is 10.1. The average molecular weight is 409 g/mol. The zero-order valence-electron chi connectivity index (χ0n) is 16.4. The highest BCUT2D eigenvalue weighted by atomic mass is 35.5. The predicted molar refractivity (Wildman–Crippen MR) is 110 cm³/mol. The lowest BCUT2D eigenvalue weighted by Crippen LogP contribution is -2.52. The highest BCUT2D eigenvalue weighted by Crippen LogP contribution is 2.20. The smallest absolute Gasteiger partial charge is 0.409 e. The Kier molecular flexibility index (Phi) is 7.39. The van der Waals surface area contributed by atoms with Gasteiger partial charge in [-0.25, -0.2) is 4.79 Å². The van der Waals surface area contributed by atoms with Crippen LogP contribution >= 0.6 is 11.6 Å². The van der Waals surface area contributed by atoms with E-state index < -0.39 is 0 Å². The molecule has 0 aromatic heterocycles. The minimum absolute atomic E-state index is 0.0609. The first-order chi connectivity index (χ1) is 13.5. The Labute approximate surface area is 171 Å². The van der Waals surface area contributed by atoms with Crippen LogP contribution in [-0.2, 0) is 9.53 Å². The molecule has 2 amide bonds. The summed E-state index contributed by atoms with van der Waals surface area (Å²) >= 11 is 6.08. The van der Waals surface area contributed by atoms with Gasteiger partial charge in [-0.2, -0.15) is 0 Å². The van der Waals surface area contributed by atoms with Gasteiger partial charge in [0, 0.05) is 56.0 Å². The largest absolute Gasteiger partial charge is 0.450 e. The maximum absolute atomic E-state index is 12.4. The SMILES string of the molecule is CCOC(=O)N1CCC(NC(=O)CN2CCN(c3cccc(Cl)c3)CC2)CC1. The lowest BCUT2D eigenvalue weighted by molar-refractivity contribution is -0.123. The number of nitrogens with zero attached hydrogens (tertiary/aromatic N) is 3. The van der Waals surface area contributed by atoms with E-state index in [4.69, 9.17) is 16.3 Å². The van der Waals surface area contributed by atoms with Crippen LogP contribution in [0.15, 0.2) is 24.3 Å². The van der Waals surface area contributed by atoms with Crippen LogP contribution in [0.5, 0.6) is 0 Å². The molecule has 2 fully saturated rings. The van der Waals surface area contributed by atoms with Gasteiger partial charge in [0.05, 0.1) is 13.2 Å². The Hall–Kier alpha value is -1.99. The van der Waals surface area contributed by atoms with Crippen molar-refractivity contribution in [1.82, 2.24) is 15.1 Å². The van der Waals surface area contributed by atoms with Crippen LogP contribution in [0.4, 0.5) is 10.5 Å². The molecule has 0 aliphatic carbocycles. The van der Waals surface area contributed by atoms with Crippen molar-refractivity contribution >= 4 is 29.3 Å². The molecular weight excluding hydrogens is 380 g/mol. The molecule has 154 valence electrons. The van der Waals surface area contributed by atoms with Crippen LogP contribution in [-0.4, -0.2) is 80.3 Å². The summed E-state index contributed by atoms with van der Waals surface area (Å²) in [5.41, 5.74) is 1.13. The average Bonchev–Trinajstić information content (AvgIpc) is 2.69. The molecule has 28 heavy (non-hydrogen) atoms. The molecule has 0 radical (unpaired) electrons. The highest BCUT2D eigenvalue weighted by molar-refractivity contribution is 6.30. The van der Waals surface area contributed by atoms with Crippen LogP contribution in [0.2, 0.25) is 5.02 Å². The number of likely N-dealkylation sites (tertiary alicyclic amines) is 1. The fourth-order valence-electron chi connectivity index (χ4n) is 3.73. The Morgan fingerprint density at radius 1 is 1.14 bits per heavy atom. The number of benzene rings is 1. The molecule has 0 spiro atoms. The molecular formula is C20H29ClN4O3. The van der Waals surface area contributed by atoms with Crippen molar-refractivity contribution in [2.24, 2.45) is 0 Å². The number of ether oxygens (including phenoxy) is 1. The van der Waals surface area contributed by atoms with Crippen LogP contribution < -0.4 is 10.2 Å². The van der Waals surface area contributed by atoms with Crippen LogP contribution in [0.25, 0.3) is 0 Å². The summed E-state index contributed by atoms with van der Waals surface area (Å²) in [6.07, 6.45) is 1.28. The molecule has 1 aromatic carbocycles. The zero-order valence-corrected chi connectivity index (χ0v) is 17.2. The summed E-state index contributed by atoms with van der Waals surface area (Å²) in [6.45, 7) is 7.32. The second kappa shape index (κ2) is 9.98. The monoisotopic (exact) mass is 408 g/mol. The third-order valence-electron chi connectivity index (χ3n) is 5.30. The summed E-state index contributed by atoms with van der Waals surface area (Å²) in [4.78, 5) is 30.3. The molecule has 0 saturated carbocycles. The third kappa shape index (κ3) is 5.75. The number of rotatable bonds is 5. The van der Waals surface area contributed by atoms with E-state index in [1.807, 2.05) is 18.2 Å². The molecule has 2 aliphatic rings. The molecule has 2 saturated heterocycles. The van der Waals surface area contributed by atoms with Gasteiger partial charge in [-0.3, -0.25) is 9.69 Å². The van der Waals surface area contributed by atoms with Crippen LogP contribution in [0, 0.1) is 0 Å². The summed E-state index contributed by atoms with van der Waals surface area (Å²) in [7, 11) is 0. The maximum Gasteiger partial charge on any atom is 0.409 e. The molecule has 2 aliphatic heterocycles. The van der Waals surface area contributed by atoms with Crippen molar-refractivity contribution in [2.75, 3.05) is 57.3 Å². The van der Waals surface area contributed by atoms with Crippen molar-refractivity contribution in [3.05, 3.63) is 29.3 Å². The fourth-order valence-corrected chi connectivity index (χ4v) is 3.92. The molecule has 0 bridgehead atoms. The van der Waals surface area contributed by atoms with Gasteiger partial charge in [-0.05, 0) is 38.0 Å². The van der Waals surface area contributed by atoms with E-state index in [9.17, 15) is 9.59 Å². The van der Waals surface area contributed by atoms with Crippen molar-refractivity contribution in [2.45, 2.75) is 25.8 Å². The van der Waals surface area contributed by atoms with E-state index in [1.165, 1.54) is 0 Å². The number of nitrogens with one attached hydrogen (secondary N) is 1. The molecule has 3 rings (SSSR count). The van der Waals surface area contributed by atoms with E-state index in [-0.39, 0.29) is 18.0 Å². The van der Waals surface area contributed by atoms with E-state index in [2.05, 4.69) is 21.2 Å². The van der Waals surface area contributed by atoms with Crippen molar-refractivity contribution in [1.29, 1.82) is 0 Å². The summed E-state index contributed by atoms with van der Waals surface area (Å²) in [5.74, 6) is 0.0609.